The van der Waals surface area contributed by atoms with Crippen LogP contribution in [-0.4, -0.2) is 11.9 Å². The molecule has 2 atom stereocenters. The molecule has 1 saturated carbocycles. The van der Waals surface area contributed by atoms with Crippen molar-refractivity contribution in [2.24, 2.45) is 11.8 Å². The van der Waals surface area contributed by atoms with Gasteiger partial charge in [0.2, 0.25) is 5.91 Å². The molecule has 1 heterocycles. The number of carbonyl (C=O) groups is 2. The maximum atomic E-state index is 11.8. The number of benzene rings is 1. The summed E-state index contributed by atoms with van der Waals surface area (Å²) in [5, 5.41) is 3.30. The summed E-state index contributed by atoms with van der Waals surface area (Å²) in [6, 6.07) is 6.33. The van der Waals surface area contributed by atoms with Crippen molar-refractivity contribution in [2.45, 2.75) is 26.9 Å². The van der Waals surface area contributed by atoms with E-state index in [0.29, 0.717) is 28.1 Å². The van der Waals surface area contributed by atoms with E-state index in [9.17, 15) is 14.4 Å². The molecule has 0 aliphatic heterocycles. The average molecular weight is 315 g/mol. The zero-order chi connectivity index (χ0) is 16.6. The van der Waals surface area contributed by atoms with Crippen LogP contribution in [-0.2, 0) is 20.9 Å². The summed E-state index contributed by atoms with van der Waals surface area (Å²) < 4.78 is 10.5. The number of anilines is 1. The van der Waals surface area contributed by atoms with E-state index in [1.165, 1.54) is 13.0 Å². The van der Waals surface area contributed by atoms with E-state index < -0.39 is 5.63 Å². The van der Waals surface area contributed by atoms with Crippen LogP contribution in [0.3, 0.4) is 0 Å². The van der Waals surface area contributed by atoms with Gasteiger partial charge in [0.15, 0.2) is 0 Å². The molecular formula is C17H17NO5. The normalized spacial score (nSPS) is 19.4. The zero-order valence-corrected chi connectivity index (χ0v) is 12.9. The molecule has 1 aromatic heterocycles. The lowest BCUT2D eigenvalue weighted by atomic mass is 10.1. The van der Waals surface area contributed by atoms with E-state index in [-0.39, 0.29) is 24.4 Å². The van der Waals surface area contributed by atoms with Gasteiger partial charge in [0.05, 0.1) is 5.92 Å². The van der Waals surface area contributed by atoms with Crippen molar-refractivity contribution in [3.05, 3.63) is 40.2 Å². The molecule has 0 bridgehead atoms. The second-order valence-electron chi connectivity index (χ2n) is 5.91. The number of rotatable bonds is 4. The van der Waals surface area contributed by atoms with Gasteiger partial charge in [-0.2, -0.15) is 0 Å². The van der Waals surface area contributed by atoms with Crippen LogP contribution in [0, 0.1) is 11.8 Å². The topological polar surface area (TPSA) is 85.6 Å². The first-order valence-corrected chi connectivity index (χ1v) is 7.45. The lowest BCUT2D eigenvalue weighted by Crippen LogP contribution is -2.10. The lowest BCUT2D eigenvalue weighted by Gasteiger charge is -2.08. The molecule has 1 aliphatic rings. The molecule has 1 amide bonds. The summed E-state index contributed by atoms with van der Waals surface area (Å²) >= 11 is 0. The molecule has 0 radical (unpaired) electrons. The highest BCUT2D eigenvalue weighted by Gasteiger charge is 2.40. The van der Waals surface area contributed by atoms with Gasteiger partial charge in [-0.15, -0.1) is 0 Å². The third-order valence-electron chi connectivity index (χ3n) is 3.93. The Morgan fingerprint density at radius 1 is 1.35 bits per heavy atom. The van der Waals surface area contributed by atoms with E-state index in [1.54, 1.807) is 18.2 Å². The fraction of sp³-hybridized carbons (Fsp3) is 0.353. The fourth-order valence-corrected chi connectivity index (χ4v) is 2.54. The Morgan fingerprint density at radius 2 is 2.09 bits per heavy atom. The number of hydrogen-bond donors (Lipinski definition) is 1. The van der Waals surface area contributed by atoms with E-state index in [4.69, 9.17) is 9.15 Å². The highest BCUT2D eigenvalue weighted by molar-refractivity contribution is 5.92. The van der Waals surface area contributed by atoms with Gasteiger partial charge < -0.3 is 14.5 Å². The average Bonchev–Trinajstić information content (AvgIpc) is 3.20. The Kier molecular flexibility index (Phi) is 3.90. The summed E-state index contributed by atoms with van der Waals surface area (Å²) in [4.78, 5) is 34.6. The molecule has 0 spiro atoms. The highest BCUT2D eigenvalue weighted by Crippen LogP contribution is 2.38. The second-order valence-corrected chi connectivity index (χ2v) is 5.91. The molecule has 120 valence electrons. The van der Waals surface area contributed by atoms with Crippen LogP contribution in [0.25, 0.3) is 11.0 Å². The molecular weight excluding hydrogens is 298 g/mol. The Labute approximate surface area is 132 Å². The van der Waals surface area contributed by atoms with Crippen LogP contribution in [0.2, 0.25) is 0 Å². The number of carbonyl (C=O) groups excluding carboxylic acids is 2. The summed E-state index contributed by atoms with van der Waals surface area (Å²) in [5.74, 6) is -0.0860. The molecule has 6 heteroatoms. The SMILES string of the molecule is CC(=O)Nc1ccc2c(COC(=O)[C@@H]3C[C@H]3C)cc(=O)oc2c1. The predicted molar refractivity (Wildman–Crippen MR) is 83.9 cm³/mol. The molecule has 2 aromatic rings. The number of nitrogens with one attached hydrogen (secondary N) is 1. The summed E-state index contributed by atoms with van der Waals surface area (Å²) in [7, 11) is 0. The van der Waals surface area contributed by atoms with Crippen molar-refractivity contribution in [3.8, 4) is 0 Å². The molecule has 1 aromatic carbocycles. The predicted octanol–water partition coefficient (Wildman–Crippen LogP) is 2.45. The standard InChI is InChI=1S/C17H17NO5/c1-9-5-14(9)17(21)22-8-11-6-16(20)23-15-7-12(18-10(2)19)3-4-13(11)15/h3-4,6-7,9,14H,5,8H2,1-2H3,(H,18,19)/t9-,14-/m1/s1. The van der Waals surface area contributed by atoms with Crippen molar-refractivity contribution >= 4 is 28.5 Å². The van der Waals surface area contributed by atoms with Crippen LogP contribution in [0.1, 0.15) is 25.8 Å². The van der Waals surface area contributed by atoms with Crippen LogP contribution in [0.5, 0.6) is 0 Å². The van der Waals surface area contributed by atoms with Gasteiger partial charge in [-0.25, -0.2) is 4.79 Å². The van der Waals surface area contributed by atoms with Crippen molar-refractivity contribution in [1.82, 2.24) is 0 Å². The second kappa shape index (κ2) is 5.87. The maximum absolute atomic E-state index is 11.8. The maximum Gasteiger partial charge on any atom is 0.336 e. The van der Waals surface area contributed by atoms with Gasteiger partial charge in [-0.05, 0) is 24.5 Å². The van der Waals surface area contributed by atoms with E-state index >= 15 is 0 Å². The van der Waals surface area contributed by atoms with Crippen molar-refractivity contribution in [3.63, 3.8) is 0 Å². The van der Waals surface area contributed by atoms with Crippen LogP contribution < -0.4 is 10.9 Å². The van der Waals surface area contributed by atoms with Gasteiger partial charge in [0.25, 0.3) is 0 Å². The molecule has 0 unspecified atom stereocenters. The molecule has 0 saturated heterocycles. The summed E-state index contributed by atoms with van der Waals surface area (Å²) in [6.07, 6.45) is 0.858. The minimum Gasteiger partial charge on any atom is -0.461 e. The number of amides is 1. The molecule has 23 heavy (non-hydrogen) atoms. The molecule has 1 aliphatic carbocycles. The number of hydrogen-bond acceptors (Lipinski definition) is 5. The molecule has 3 rings (SSSR count). The van der Waals surface area contributed by atoms with Gasteiger partial charge in [-0.1, -0.05) is 6.92 Å². The minimum atomic E-state index is -0.525. The van der Waals surface area contributed by atoms with E-state index in [0.717, 1.165) is 6.42 Å². The van der Waals surface area contributed by atoms with Crippen LogP contribution in [0.4, 0.5) is 5.69 Å². The minimum absolute atomic E-state index is 0.0206. The first-order chi connectivity index (χ1) is 10.9. The van der Waals surface area contributed by atoms with Crippen LogP contribution in [0.15, 0.2) is 33.5 Å². The lowest BCUT2D eigenvalue weighted by molar-refractivity contribution is -0.146. The fourth-order valence-electron chi connectivity index (χ4n) is 2.54. The summed E-state index contributed by atoms with van der Waals surface area (Å²) in [5.41, 5.74) is 0.944. The van der Waals surface area contributed by atoms with E-state index in [1.807, 2.05) is 6.92 Å². The third-order valence-corrected chi connectivity index (χ3v) is 3.93. The third kappa shape index (κ3) is 3.41. The smallest absolute Gasteiger partial charge is 0.336 e. The Balaban J connectivity index is 1.85. The van der Waals surface area contributed by atoms with Crippen molar-refractivity contribution < 1.29 is 18.7 Å². The van der Waals surface area contributed by atoms with Crippen molar-refractivity contribution in [1.29, 1.82) is 0 Å². The molecule has 1 fully saturated rings. The number of ether oxygens (including phenoxy) is 1. The Hall–Kier alpha value is -2.63. The molecule has 1 N–H and O–H groups in total. The Morgan fingerprint density at radius 3 is 2.74 bits per heavy atom. The van der Waals surface area contributed by atoms with Gasteiger partial charge in [0, 0.05) is 35.7 Å². The quantitative estimate of drug-likeness (QED) is 0.692. The Bertz CT molecular complexity index is 838. The van der Waals surface area contributed by atoms with Gasteiger partial charge in [0.1, 0.15) is 12.2 Å². The zero-order valence-electron chi connectivity index (χ0n) is 12.9. The van der Waals surface area contributed by atoms with Crippen LogP contribution >= 0.6 is 0 Å². The first-order valence-electron chi connectivity index (χ1n) is 7.45. The van der Waals surface area contributed by atoms with E-state index in [2.05, 4.69) is 5.32 Å². The van der Waals surface area contributed by atoms with Crippen molar-refractivity contribution in [2.75, 3.05) is 5.32 Å². The highest BCUT2D eigenvalue weighted by atomic mass is 16.5. The summed E-state index contributed by atoms with van der Waals surface area (Å²) in [6.45, 7) is 3.43. The van der Waals surface area contributed by atoms with Gasteiger partial charge in [-0.3, -0.25) is 9.59 Å². The monoisotopic (exact) mass is 315 g/mol. The molecule has 6 nitrogen and oxygen atoms in total. The first kappa shape index (κ1) is 15.3. The van der Waals surface area contributed by atoms with Gasteiger partial charge >= 0.3 is 11.6 Å². The number of fused-ring (bicyclic) bond motifs is 1. The number of esters is 1. The largest absolute Gasteiger partial charge is 0.461 e.